The van der Waals surface area contributed by atoms with Gasteiger partial charge in [-0.15, -0.1) is 0 Å². The van der Waals surface area contributed by atoms with Crippen LogP contribution in [-0.4, -0.2) is 15.3 Å². The van der Waals surface area contributed by atoms with E-state index in [0.717, 1.165) is 17.9 Å². The van der Waals surface area contributed by atoms with Gasteiger partial charge < -0.3 is 4.57 Å². The summed E-state index contributed by atoms with van der Waals surface area (Å²) < 4.78 is 1.86. The Bertz CT molecular complexity index is 635. The zero-order chi connectivity index (χ0) is 13.1. The molecule has 0 aliphatic heterocycles. The maximum absolute atomic E-state index is 11.6. The number of nitriles is 1. The number of hydrogen-bond donors (Lipinski definition) is 0. The third-order valence-electron chi connectivity index (χ3n) is 2.80. The maximum Gasteiger partial charge on any atom is 0.161 e. The fourth-order valence-corrected chi connectivity index (χ4v) is 1.91. The molecule has 0 aliphatic carbocycles. The molecular formula is C14H13N3O. The van der Waals surface area contributed by atoms with Crippen LogP contribution in [0.4, 0.5) is 0 Å². The normalized spacial score (nSPS) is 10.1. The van der Waals surface area contributed by atoms with Crippen LogP contribution in [0.5, 0.6) is 0 Å². The topological polar surface area (TPSA) is 58.7 Å². The number of ketones is 1. The van der Waals surface area contributed by atoms with Crippen LogP contribution >= 0.6 is 0 Å². The number of carbonyl (C=O) groups excluding carboxylic acids is 1. The summed E-state index contributed by atoms with van der Waals surface area (Å²) in [5.74, 6) is 0.845. The van der Waals surface area contributed by atoms with Gasteiger partial charge in [0.2, 0.25) is 0 Å². The first kappa shape index (κ1) is 12.1. The number of hydrogen-bond acceptors (Lipinski definition) is 3. The van der Waals surface area contributed by atoms with E-state index in [1.54, 1.807) is 24.4 Å². The lowest BCUT2D eigenvalue weighted by molar-refractivity contribution is 0.101. The lowest BCUT2D eigenvalue weighted by atomic mass is 10.1. The van der Waals surface area contributed by atoms with Gasteiger partial charge in [-0.2, -0.15) is 5.26 Å². The maximum atomic E-state index is 11.6. The first-order chi connectivity index (χ1) is 8.67. The van der Waals surface area contributed by atoms with Crippen molar-refractivity contribution in [2.75, 3.05) is 0 Å². The molecule has 90 valence electrons. The Hall–Kier alpha value is -2.41. The van der Waals surface area contributed by atoms with Gasteiger partial charge in [-0.25, -0.2) is 4.98 Å². The summed E-state index contributed by atoms with van der Waals surface area (Å²) in [6, 6.07) is 7.15. The summed E-state index contributed by atoms with van der Waals surface area (Å²) >= 11 is 0. The fourth-order valence-electron chi connectivity index (χ4n) is 1.91. The highest BCUT2D eigenvalue weighted by Gasteiger charge is 2.12. The number of nitrogens with zero attached hydrogens (tertiary/aromatic N) is 3. The molecule has 0 fully saturated rings. The minimum atomic E-state index is -0.0229. The second-order valence-electron chi connectivity index (χ2n) is 3.97. The van der Waals surface area contributed by atoms with Crippen LogP contribution in [0.15, 0.2) is 30.6 Å². The summed E-state index contributed by atoms with van der Waals surface area (Å²) in [6.45, 7) is 3.52. The predicted octanol–water partition coefficient (Wildman–Crippen LogP) is 2.51. The standard InChI is InChI=1S/C14H13N3O/c1-3-14-16-6-7-17(14)13-8-11(9-15)4-5-12(13)10(2)18/h4-8H,3H2,1-2H3. The summed E-state index contributed by atoms with van der Waals surface area (Å²) in [7, 11) is 0. The van der Waals surface area contributed by atoms with Crippen molar-refractivity contribution in [1.82, 2.24) is 9.55 Å². The molecule has 0 spiro atoms. The molecule has 0 radical (unpaired) electrons. The number of aromatic nitrogens is 2. The molecule has 2 rings (SSSR count). The van der Waals surface area contributed by atoms with Gasteiger partial charge in [0.25, 0.3) is 0 Å². The first-order valence-corrected chi connectivity index (χ1v) is 5.75. The van der Waals surface area contributed by atoms with Gasteiger partial charge in [0.15, 0.2) is 5.78 Å². The van der Waals surface area contributed by atoms with Gasteiger partial charge in [-0.1, -0.05) is 6.92 Å². The largest absolute Gasteiger partial charge is 0.303 e. The number of aryl methyl sites for hydroxylation is 1. The molecule has 18 heavy (non-hydrogen) atoms. The van der Waals surface area contributed by atoms with Gasteiger partial charge >= 0.3 is 0 Å². The average molecular weight is 239 g/mol. The van der Waals surface area contributed by atoms with Crippen molar-refractivity contribution in [3.8, 4) is 11.8 Å². The SMILES string of the molecule is CCc1nccn1-c1cc(C#N)ccc1C(C)=O. The van der Waals surface area contributed by atoms with Gasteiger partial charge in [0, 0.05) is 24.4 Å². The van der Waals surface area contributed by atoms with Crippen molar-refractivity contribution in [2.24, 2.45) is 0 Å². The molecule has 1 aromatic heterocycles. The minimum absolute atomic E-state index is 0.0229. The molecule has 4 heteroatoms. The Morgan fingerprint density at radius 2 is 2.28 bits per heavy atom. The van der Waals surface area contributed by atoms with Crippen LogP contribution in [0.3, 0.4) is 0 Å². The summed E-state index contributed by atoms with van der Waals surface area (Å²) in [5.41, 5.74) is 1.85. The Morgan fingerprint density at radius 3 is 2.89 bits per heavy atom. The number of carbonyl (C=O) groups is 1. The zero-order valence-corrected chi connectivity index (χ0v) is 10.3. The van der Waals surface area contributed by atoms with E-state index in [9.17, 15) is 4.79 Å². The number of benzene rings is 1. The van der Waals surface area contributed by atoms with Crippen molar-refractivity contribution >= 4 is 5.78 Å². The number of rotatable bonds is 3. The Morgan fingerprint density at radius 1 is 1.50 bits per heavy atom. The third-order valence-corrected chi connectivity index (χ3v) is 2.80. The van der Waals surface area contributed by atoms with E-state index in [-0.39, 0.29) is 5.78 Å². The highest BCUT2D eigenvalue weighted by molar-refractivity contribution is 5.97. The van der Waals surface area contributed by atoms with Gasteiger partial charge in [-0.05, 0) is 25.1 Å². The van der Waals surface area contributed by atoms with E-state index in [1.807, 2.05) is 17.7 Å². The second-order valence-corrected chi connectivity index (χ2v) is 3.97. The second kappa shape index (κ2) is 4.84. The van der Waals surface area contributed by atoms with E-state index in [2.05, 4.69) is 11.1 Å². The molecule has 2 aromatic rings. The summed E-state index contributed by atoms with van der Waals surface area (Å²) in [4.78, 5) is 15.9. The van der Waals surface area contributed by atoms with Crippen LogP contribution in [0, 0.1) is 11.3 Å². The molecule has 0 bridgehead atoms. The fraction of sp³-hybridized carbons (Fsp3) is 0.214. The average Bonchev–Trinajstić information content (AvgIpc) is 2.85. The first-order valence-electron chi connectivity index (χ1n) is 5.75. The number of imidazole rings is 1. The molecule has 0 unspecified atom stereocenters. The van der Waals surface area contributed by atoms with E-state index >= 15 is 0 Å². The van der Waals surface area contributed by atoms with Crippen molar-refractivity contribution in [3.05, 3.63) is 47.5 Å². The lowest BCUT2D eigenvalue weighted by Crippen LogP contribution is -2.06. The van der Waals surface area contributed by atoms with Crippen LogP contribution in [0.2, 0.25) is 0 Å². The van der Waals surface area contributed by atoms with Crippen LogP contribution in [-0.2, 0) is 6.42 Å². The molecule has 0 atom stereocenters. The minimum Gasteiger partial charge on any atom is -0.303 e. The highest BCUT2D eigenvalue weighted by Crippen LogP contribution is 2.19. The van der Waals surface area contributed by atoms with E-state index in [4.69, 9.17) is 5.26 Å². The van der Waals surface area contributed by atoms with Crippen molar-refractivity contribution in [1.29, 1.82) is 5.26 Å². The molecule has 0 saturated heterocycles. The monoisotopic (exact) mass is 239 g/mol. The molecular weight excluding hydrogens is 226 g/mol. The predicted molar refractivity (Wildman–Crippen MR) is 67.7 cm³/mol. The molecule has 1 aromatic carbocycles. The Kier molecular flexibility index (Phi) is 3.24. The quantitative estimate of drug-likeness (QED) is 0.773. The summed E-state index contributed by atoms with van der Waals surface area (Å²) in [6.07, 6.45) is 4.27. The van der Waals surface area contributed by atoms with E-state index in [0.29, 0.717) is 11.1 Å². The number of Topliss-reactive ketones (excluding diaryl/α,β-unsaturated/α-hetero) is 1. The van der Waals surface area contributed by atoms with Crippen molar-refractivity contribution < 1.29 is 4.79 Å². The van der Waals surface area contributed by atoms with Crippen LogP contribution in [0.25, 0.3) is 5.69 Å². The Balaban J connectivity index is 2.68. The molecule has 0 saturated carbocycles. The highest BCUT2D eigenvalue weighted by atomic mass is 16.1. The lowest BCUT2D eigenvalue weighted by Gasteiger charge is -2.11. The Labute approximate surface area is 106 Å². The van der Waals surface area contributed by atoms with E-state index in [1.165, 1.54) is 6.92 Å². The molecule has 0 amide bonds. The van der Waals surface area contributed by atoms with Gasteiger partial charge in [0.1, 0.15) is 5.82 Å². The zero-order valence-electron chi connectivity index (χ0n) is 10.3. The molecule has 0 N–H and O–H groups in total. The third kappa shape index (κ3) is 2.03. The van der Waals surface area contributed by atoms with Crippen molar-refractivity contribution in [3.63, 3.8) is 0 Å². The van der Waals surface area contributed by atoms with Gasteiger partial charge in [0.05, 0.1) is 17.3 Å². The molecule has 1 heterocycles. The van der Waals surface area contributed by atoms with Crippen LogP contribution < -0.4 is 0 Å². The molecule has 4 nitrogen and oxygen atoms in total. The van der Waals surface area contributed by atoms with Gasteiger partial charge in [-0.3, -0.25) is 4.79 Å². The van der Waals surface area contributed by atoms with Crippen LogP contribution in [0.1, 0.15) is 35.6 Å². The van der Waals surface area contributed by atoms with E-state index < -0.39 is 0 Å². The molecule has 0 aliphatic rings. The van der Waals surface area contributed by atoms with Crippen molar-refractivity contribution in [2.45, 2.75) is 20.3 Å². The smallest absolute Gasteiger partial charge is 0.161 e. The summed E-state index contributed by atoms with van der Waals surface area (Å²) in [5, 5.41) is 8.96.